The first kappa shape index (κ1) is 17.4. The van der Waals surface area contributed by atoms with Crippen molar-refractivity contribution in [1.29, 1.82) is 5.26 Å². The second-order valence-corrected chi connectivity index (χ2v) is 6.89. The molecule has 2 N–H and O–H groups in total. The molecule has 140 valence electrons. The van der Waals surface area contributed by atoms with E-state index in [0.29, 0.717) is 11.8 Å². The summed E-state index contributed by atoms with van der Waals surface area (Å²) in [5.41, 5.74) is -3.09. The standard InChI is InChI=1S/C18H14F3N3O3/c1-8-16(2)12-13(17(3,23-8)27-16)15(26)24(14(12)25)10-5-4-9(7-22)11(6-10)18(19,20)21/h4-6,25-26H,1-3H3. The zero-order valence-electron chi connectivity index (χ0n) is 14.5. The Bertz CT molecular complexity index is 1080. The van der Waals surface area contributed by atoms with Gasteiger partial charge in [0.05, 0.1) is 34.0 Å². The van der Waals surface area contributed by atoms with Crippen molar-refractivity contribution in [2.75, 3.05) is 0 Å². The number of aromatic hydroxyl groups is 2. The van der Waals surface area contributed by atoms with E-state index in [2.05, 4.69) is 4.99 Å². The molecule has 0 amide bonds. The van der Waals surface area contributed by atoms with Crippen LogP contribution in [-0.2, 0) is 22.2 Å². The molecule has 0 radical (unpaired) electrons. The number of halogens is 3. The molecule has 0 spiro atoms. The average Bonchev–Trinajstić information content (AvgIpc) is 3.07. The van der Waals surface area contributed by atoms with E-state index in [4.69, 9.17) is 10.00 Å². The molecule has 6 nitrogen and oxygen atoms in total. The molecule has 0 saturated carbocycles. The summed E-state index contributed by atoms with van der Waals surface area (Å²) in [4.78, 5) is 4.38. The van der Waals surface area contributed by atoms with Crippen molar-refractivity contribution < 1.29 is 28.1 Å². The van der Waals surface area contributed by atoms with Crippen LogP contribution in [0.1, 0.15) is 43.0 Å². The molecular formula is C18H14F3N3O3. The summed E-state index contributed by atoms with van der Waals surface area (Å²) in [6, 6.07) is 4.44. The minimum atomic E-state index is -4.76. The van der Waals surface area contributed by atoms with E-state index < -0.39 is 40.4 Å². The van der Waals surface area contributed by atoms with Gasteiger partial charge < -0.3 is 14.9 Å². The molecule has 0 aliphatic carbocycles. The lowest BCUT2D eigenvalue weighted by Gasteiger charge is -2.21. The summed E-state index contributed by atoms with van der Waals surface area (Å²) in [7, 11) is 0. The second kappa shape index (κ2) is 4.84. The summed E-state index contributed by atoms with van der Waals surface area (Å²) in [6.45, 7) is 4.99. The van der Waals surface area contributed by atoms with Gasteiger partial charge in [-0.05, 0) is 39.0 Å². The predicted molar refractivity (Wildman–Crippen MR) is 87.7 cm³/mol. The number of aliphatic imine (C=N–C) groups is 1. The van der Waals surface area contributed by atoms with E-state index in [9.17, 15) is 23.4 Å². The predicted octanol–water partition coefficient (Wildman–Crippen LogP) is 3.67. The summed E-state index contributed by atoms with van der Waals surface area (Å²) in [6.07, 6.45) is -4.76. The third-order valence-electron chi connectivity index (χ3n) is 5.22. The third kappa shape index (κ3) is 2.01. The lowest BCUT2D eigenvalue weighted by molar-refractivity contribution is -0.137. The molecule has 0 saturated heterocycles. The van der Waals surface area contributed by atoms with Crippen LogP contribution in [0.15, 0.2) is 23.2 Å². The number of rotatable bonds is 1. The van der Waals surface area contributed by atoms with Gasteiger partial charge in [-0.25, -0.2) is 0 Å². The number of aromatic nitrogens is 1. The van der Waals surface area contributed by atoms with Crippen LogP contribution in [0.3, 0.4) is 0 Å². The first-order valence-electron chi connectivity index (χ1n) is 8.00. The molecule has 3 heterocycles. The Kier molecular flexibility index (Phi) is 3.12. The number of fused-ring (bicyclic) bond motifs is 5. The van der Waals surface area contributed by atoms with E-state index >= 15 is 0 Å². The van der Waals surface area contributed by atoms with Gasteiger partial charge in [0.25, 0.3) is 0 Å². The molecule has 2 atom stereocenters. The summed E-state index contributed by atoms with van der Waals surface area (Å²) < 4.78 is 46.6. The highest BCUT2D eigenvalue weighted by atomic mass is 19.4. The maximum atomic E-state index is 13.3. The molecule has 2 unspecified atom stereocenters. The van der Waals surface area contributed by atoms with E-state index in [1.165, 1.54) is 12.1 Å². The molecule has 2 aromatic rings. The SMILES string of the molecule is CC1=NC2(C)OC1(C)c1c2c(O)n(-c2ccc(C#N)c(C(F)(F)F)c2)c1O. The molecular weight excluding hydrogens is 363 g/mol. The Hall–Kier alpha value is -2.99. The van der Waals surface area contributed by atoms with Crippen molar-refractivity contribution in [2.24, 2.45) is 4.99 Å². The van der Waals surface area contributed by atoms with Crippen LogP contribution in [0.2, 0.25) is 0 Å². The van der Waals surface area contributed by atoms with Crippen molar-refractivity contribution in [3.05, 3.63) is 40.5 Å². The number of ether oxygens (including phenoxy) is 1. The van der Waals surface area contributed by atoms with Gasteiger partial charge in [0, 0.05) is 5.71 Å². The number of nitrogens with zero attached hydrogens (tertiary/aromatic N) is 3. The van der Waals surface area contributed by atoms with Gasteiger partial charge in [0.1, 0.15) is 5.60 Å². The lowest BCUT2D eigenvalue weighted by Crippen LogP contribution is -2.27. The van der Waals surface area contributed by atoms with Gasteiger partial charge in [-0.15, -0.1) is 0 Å². The van der Waals surface area contributed by atoms with Gasteiger partial charge in [-0.3, -0.25) is 9.56 Å². The zero-order valence-corrected chi connectivity index (χ0v) is 14.5. The molecule has 2 bridgehead atoms. The number of nitriles is 1. The third-order valence-corrected chi connectivity index (χ3v) is 5.22. The normalized spacial score (nSPS) is 26.0. The second-order valence-electron chi connectivity index (χ2n) is 6.89. The molecule has 1 aromatic heterocycles. The van der Waals surface area contributed by atoms with E-state index in [-0.39, 0.29) is 16.8 Å². The van der Waals surface area contributed by atoms with Crippen molar-refractivity contribution in [3.8, 4) is 23.5 Å². The number of hydrogen-bond acceptors (Lipinski definition) is 5. The van der Waals surface area contributed by atoms with Crippen molar-refractivity contribution >= 4 is 5.71 Å². The highest BCUT2D eigenvalue weighted by Crippen LogP contribution is 2.61. The minimum absolute atomic E-state index is 0.130. The molecule has 27 heavy (non-hydrogen) atoms. The van der Waals surface area contributed by atoms with Crippen LogP contribution in [0.4, 0.5) is 13.2 Å². The number of alkyl halides is 3. The monoisotopic (exact) mass is 377 g/mol. The Morgan fingerprint density at radius 2 is 1.81 bits per heavy atom. The van der Waals surface area contributed by atoms with Crippen LogP contribution in [0.25, 0.3) is 5.69 Å². The van der Waals surface area contributed by atoms with Crippen LogP contribution in [0.5, 0.6) is 11.8 Å². The first-order valence-corrected chi connectivity index (χ1v) is 8.00. The smallest absolute Gasteiger partial charge is 0.417 e. The number of hydrogen-bond donors (Lipinski definition) is 2. The van der Waals surface area contributed by atoms with Gasteiger partial charge in [0.2, 0.25) is 11.8 Å². The molecule has 4 rings (SSSR count). The maximum Gasteiger partial charge on any atom is 0.417 e. The highest BCUT2D eigenvalue weighted by molar-refractivity contribution is 5.96. The Labute approximate surface area is 151 Å². The van der Waals surface area contributed by atoms with Crippen molar-refractivity contribution in [1.82, 2.24) is 4.57 Å². The topological polar surface area (TPSA) is 90.8 Å². The van der Waals surface area contributed by atoms with Gasteiger partial charge in [-0.1, -0.05) is 0 Å². The summed E-state index contributed by atoms with van der Waals surface area (Å²) in [5.74, 6) is -0.886. The Balaban J connectivity index is 1.98. The minimum Gasteiger partial charge on any atom is -0.494 e. The average molecular weight is 377 g/mol. The van der Waals surface area contributed by atoms with E-state index in [1.54, 1.807) is 20.8 Å². The fourth-order valence-corrected chi connectivity index (χ4v) is 3.95. The van der Waals surface area contributed by atoms with Gasteiger partial charge in [0.15, 0.2) is 5.72 Å². The molecule has 9 heteroatoms. The van der Waals surface area contributed by atoms with Gasteiger partial charge in [-0.2, -0.15) is 18.4 Å². The first-order chi connectivity index (χ1) is 12.4. The van der Waals surface area contributed by atoms with Crippen LogP contribution in [0, 0.1) is 11.3 Å². The molecule has 1 aromatic carbocycles. The quantitative estimate of drug-likeness (QED) is 0.793. The van der Waals surface area contributed by atoms with Crippen LogP contribution < -0.4 is 0 Å². The fourth-order valence-electron chi connectivity index (χ4n) is 3.95. The largest absolute Gasteiger partial charge is 0.494 e. The highest BCUT2D eigenvalue weighted by Gasteiger charge is 2.60. The maximum absolute atomic E-state index is 13.3. The van der Waals surface area contributed by atoms with Gasteiger partial charge >= 0.3 is 6.18 Å². The van der Waals surface area contributed by atoms with Crippen LogP contribution >= 0.6 is 0 Å². The summed E-state index contributed by atoms with van der Waals surface area (Å²) >= 11 is 0. The van der Waals surface area contributed by atoms with E-state index in [0.717, 1.165) is 10.6 Å². The number of benzene rings is 1. The van der Waals surface area contributed by atoms with Crippen molar-refractivity contribution in [2.45, 2.75) is 38.3 Å². The molecule has 2 aliphatic heterocycles. The summed E-state index contributed by atoms with van der Waals surface area (Å²) in [5, 5.41) is 30.4. The van der Waals surface area contributed by atoms with E-state index in [1.807, 2.05) is 0 Å². The van der Waals surface area contributed by atoms with Crippen molar-refractivity contribution in [3.63, 3.8) is 0 Å². The van der Waals surface area contributed by atoms with Crippen LogP contribution in [-0.4, -0.2) is 20.5 Å². The zero-order chi connectivity index (χ0) is 19.9. The molecule has 2 aliphatic rings. The lowest BCUT2D eigenvalue weighted by atomic mass is 9.88. The Morgan fingerprint density at radius 1 is 1.19 bits per heavy atom. The Morgan fingerprint density at radius 3 is 2.41 bits per heavy atom. The fraction of sp³-hybridized carbons (Fsp3) is 0.333. The molecule has 0 fully saturated rings.